The molecule has 0 aromatic carbocycles. The average Bonchev–Trinajstić information content (AvgIpc) is 2.96. The molecule has 7 heteroatoms. The van der Waals surface area contributed by atoms with Gasteiger partial charge < -0.3 is 10.0 Å². The SMILES string of the molecule is O=C(c1ccc([N+](=O)[O-])s1)N1CCCC1CO. The molecule has 1 fully saturated rings. The predicted octanol–water partition coefficient (Wildman–Crippen LogP) is 1.25. The fourth-order valence-electron chi connectivity index (χ4n) is 1.98. The number of thiophene rings is 1. The van der Waals surface area contributed by atoms with Gasteiger partial charge in [0.25, 0.3) is 5.91 Å². The van der Waals surface area contributed by atoms with Gasteiger partial charge in [-0.1, -0.05) is 11.3 Å². The smallest absolute Gasteiger partial charge is 0.324 e. The Morgan fingerprint density at radius 3 is 3.00 bits per heavy atom. The lowest BCUT2D eigenvalue weighted by molar-refractivity contribution is -0.380. The van der Waals surface area contributed by atoms with Crippen molar-refractivity contribution in [2.45, 2.75) is 18.9 Å². The van der Waals surface area contributed by atoms with Crippen LogP contribution in [0, 0.1) is 10.1 Å². The first-order valence-corrected chi connectivity index (χ1v) is 6.11. The Bertz CT molecular complexity index is 445. The molecule has 2 heterocycles. The fourth-order valence-corrected chi connectivity index (χ4v) is 2.75. The molecule has 1 aliphatic rings. The number of carbonyl (C=O) groups is 1. The summed E-state index contributed by atoms with van der Waals surface area (Å²) in [4.78, 5) is 24.0. The van der Waals surface area contributed by atoms with Crippen molar-refractivity contribution >= 4 is 22.2 Å². The summed E-state index contributed by atoms with van der Waals surface area (Å²) in [6.45, 7) is 0.551. The van der Waals surface area contributed by atoms with Gasteiger partial charge in [-0.3, -0.25) is 14.9 Å². The number of hydrogen-bond donors (Lipinski definition) is 1. The van der Waals surface area contributed by atoms with Gasteiger partial charge in [-0.05, 0) is 18.9 Å². The van der Waals surface area contributed by atoms with Gasteiger partial charge >= 0.3 is 5.00 Å². The van der Waals surface area contributed by atoms with E-state index in [0.717, 1.165) is 24.2 Å². The summed E-state index contributed by atoms with van der Waals surface area (Å²) in [5.74, 6) is -0.223. The van der Waals surface area contributed by atoms with E-state index >= 15 is 0 Å². The summed E-state index contributed by atoms with van der Waals surface area (Å²) < 4.78 is 0. The molecule has 1 N–H and O–H groups in total. The number of likely N-dealkylation sites (tertiary alicyclic amines) is 1. The molecule has 1 aliphatic heterocycles. The zero-order chi connectivity index (χ0) is 12.4. The lowest BCUT2D eigenvalue weighted by Crippen LogP contribution is -2.37. The van der Waals surface area contributed by atoms with Crippen LogP contribution in [0.25, 0.3) is 0 Å². The van der Waals surface area contributed by atoms with Crippen molar-refractivity contribution in [3.05, 3.63) is 27.1 Å². The van der Waals surface area contributed by atoms with E-state index in [9.17, 15) is 14.9 Å². The van der Waals surface area contributed by atoms with Crippen LogP contribution in [-0.2, 0) is 0 Å². The topological polar surface area (TPSA) is 83.7 Å². The van der Waals surface area contributed by atoms with Gasteiger partial charge in [0, 0.05) is 12.6 Å². The van der Waals surface area contributed by atoms with Crippen LogP contribution in [0.2, 0.25) is 0 Å². The second-order valence-corrected chi connectivity index (χ2v) is 4.93. The van der Waals surface area contributed by atoms with Crippen LogP contribution in [0.1, 0.15) is 22.5 Å². The minimum atomic E-state index is -0.505. The summed E-state index contributed by atoms with van der Waals surface area (Å²) in [5.41, 5.74) is 0. The number of amides is 1. The first kappa shape index (κ1) is 12.0. The van der Waals surface area contributed by atoms with Crippen LogP contribution in [0.3, 0.4) is 0 Å². The fraction of sp³-hybridized carbons (Fsp3) is 0.500. The molecule has 0 aliphatic carbocycles. The zero-order valence-electron chi connectivity index (χ0n) is 9.04. The highest BCUT2D eigenvalue weighted by Crippen LogP contribution is 2.27. The number of nitrogens with zero attached hydrogens (tertiary/aromatic N) is 2. The third-order valence-electron chi connectivity index (χ3n) is 2.83. The average molecular weight is 256 g/mol. The van der Waals surface area contributed by atoms with Crippen molar-refractivity contribution in [3.63, 3.8) is 0 Å². The second kappa shape index (κ2) is 4.80. The molecule has 1 saturated heterocycles. The Balaban J connectivity index is 2.16. The van der Waals surface area contributed by atoms with E-state index < -0.39 is 4.92 Å². The number of rotatable bonds is 3. The van der Waals surface area contributed by atoms with Crippen molar-refractivity contribution in [2.24, 2.45) is 0 Å². The zero-order valence-corrected chi connectivity index (χ0v) is 9.85. The highest BCUT2D eigenvalue weighted by molar-refractivity contribution is 7.17. The van der Waals surface area contributed by atoms with E-state index in [1.807, 2.05) is 0 Å². The Morgan fingerprint density at radius 2 is 2.41 bits per heavy atom. The predicted molar refractivity (Wildman–Crippen MR) is 62.1 cm³/mol. The minimum Gasteiger partial charge on any atom is -0.394 e. The summed E-state index contributed by atoms with van der Waals surface area (Å²) in [5, 5.41) is 19.6. The number of carbonyl (C=O) groups excluding carboxylic acids is 1. The Morgan fingerprint density at radius 1 is 1.65 bits per heavy atom. The summed E-state index contributed by atoms with van der Waals surface area (Å²) in [7, 11) is 0. The van der Waals surface area contributed by atoms with E-state index in [2.05, 4.69) is 0 Å². The molecule has 0 saturated carbocycles. The van der Waals surface area contributed by atoms with Crippen LogP contribution in [0.5, 0.6) is 0 Å². The number of hydrogen-bond acceptors (Lipinski definition) is 5. The maximum atomic E-state index is 12.1. The third kappa shape index (κ3) is 2.29. The molecule has 2 rings (SSSR count). The Hall–Kier alpha value is -1.47. The molecule has 0 radical (unpaired) electrons. The molecular formula is C10H12N2O4S. The Labute approximate surface area is 102 Å². The highest BCUT2D eigenvalue weighted by atomic mass is 32.1. The second-order valence-electron chi connectivity index (χ2n) is 3.87. The maximum absolute atomic E-state index is 12.1. The molecule has 0 spiro atoms. The van der Waals surface area contributed by atoms with Gasteiger partial charge in [-0.15, -0.1) is 0 Å². The summed E-state index contributed by atoms with van der Waals surface area (Å²) >= 11 is 0.877. The number of nitro groups is 1. The van der Waals surface area contributed by atoms with Crippen molar-refractivity contribution in [3.8, 4) is 0 Å². The lowest BCUT2D eigenvalue weighted by atomic mass is 10.2. The van der Waals surface area contributed by atoms with Crippen molar-refractivity contribution in [1.82, 2.24) is 4.90 Å². The normalized spacial score (nSPS) is 19.6. The van der Waals surface area contributed by atoms with Gasteiger partial charge in [0.1, 0.15) is 0 Å². The largest absolute Gasteiger partial charge is 0.394 e. The molecule has 6 nitrogen and oxygen atoms in total. The van der Waals surface area contributed by atoms with Gasteiger partial charge in [0.2, 0.25) is 0 Å². The van der Waals surface area contributed by atoms with E-state index in [0.29, 0.717) is 11.4 Å². The van der Waals surface area contributed by atoms with E-state index in [4.69, 9.17) is 5.11 Å². The molecule has 1 atom stereocenters. The molecule has 1 aromatic heterocycles. The molecule has 1 unspecified atom stereocenters. The molecular weight excluding hydrogens is 244 g/mol. The molecule has 1 amide bonds. The molecule has 92 valence electrons. The van der Waals surface area contributed by atoms with Gasteiger partial charge in [0.05, 0.1) is 22.4 Å². The van der Waals surface area contributed by atoms with Crippen molar-refractivity contribution in [1.29, 1.82) is 0 Å². The first-order valence-electron chi connectivity index (χ1n) is 5.29. The van der Waals surface area contributed by atoms with Crippen molar-refractivity contribution < 1.29 is 14.8 Å². The third-order valence-corrected chi connectivity index (χ3v) is 3.86. The highest BCUT2D eigenvalue weighted by Gasteiger charge is 2.30. The van der Waals surface area contributed by atoms with Gasteiger partial charge in [-0.25, -0.2) is 0 Å². The standard InChI is InChI=1S/C10H12N2O4S/c13-6-7-2-1-5-11(7)10(14)8-3-4-9(17-8)12(15)16/h3-4,7,13H,1-2,5-6H2. The monoisotopic (exact) mass is 256 g/mol. The van der Waals surface area contributed by atoms with Crippen LogP contribution in [-0.4, -0.2) is 40.0 Å². The van der Waals surface area contributed by atoms with E-state index in [1.165, 1.54) is 12.1 Å². The molecule has 0 bridgehead atoms. The number of aliphatic hydroxyl groups excluding tert-OH is 1. The molecule has 17 heavy (non-hydrogen) atoms. The van der Waals surface area contributed by atoms with E-state index in [-0.39, 0.29) is 23.6 Å². The van der Waals surface area contributed by atoms with Gasteiger partial charge in [0.15, 0.2) is 0 Å². The van der Waals surface area contributed by atoms with Crippen LogP contribution in [0.4, 0.5) is 5.00 Å². The Kier molecular flexibility index (Phi) is 3.39. The van der Waals surface area contributed by atoms with Crippen LogP contribution >= 0.6 is 11.3 Å². The summed E-state index contributed by atoms with van der Waals surface area (Å²) in [6, 6.07) is 2.66. The number of aliphatic hydroxyl groups is 1. The van der Waals surface area contributed by atoms with Gasteiger partial charge in [-0.2, -0.15) is 0 Å². The summed E-state index contributed by atoms with van der Waals surface area (Å²) in [6.07, 6.45) is 1.65. The van der Waals surface area contributed by atoms with Crippen molar-refractivity contribution in [2.75, 3.05) is 13.2 Å². The first-order chi connectivity index (χ1) is 8.13. The minimum absolute atomic E-state index is 0.0342. The molecule has 1 aromatic rings. The lowest BCUT2D eigenvalue weighted by Gasteiger charge is -2.21. The van der Waals surface area contributed by atoms with Crippen LogP contribution < -0.4 is 0 Å². The maximum Gasteiger partial charge on any atom is 0.324 e. The van der Waals surface area contributed by atoms with E-state index in [1.54, 1.807) is 4.90 Å². The quantitative estimate of drug-likeness (QED) is 0.651. The van der Waals surface area contributed by atoms with Crippen LogP contribution in [0.15, 0.2) is 12.1 Å².